The van der Waals surface area contributed by atoms with Gasteiger partial charge < -0.3 is 0 Å². The normalized spacial score (nSPS) is 12.3. The first kappa shape index (κ1) is 10.4. The summed E-state index contributed by atoms with van der Waals surface area (Å²) in [5.41, 5.74) is 0. The van der Waals surface area contributed by atoms with Crippen molar-refractivity contribution in [3.8, 4) is 0 Å². The van der Waals surface area contributed by atoms with E-state index < -0.39 is 0 Å². The Labute approximate surface area is 72.0 Å². The van der Waals surface area contributed by atoms with Crippen molar-refractivity contribution < 1.29 is 9.59 Å². The lowest BCUT2D eigenvalue weighted by atomic mass is 9.96. The Morgan fingerprint density at radius 2 is 1.73 bits per heavy atom. The molecular formula is C8H12O2S. The third-order valence-electron chi connectivity index (χ3n) is 1.47. The van der Waals surface area contributed by atoms with Gasteiger partial charge in [0.2, 0.25) is 0 Å². The van der Waals surface area contributed by atoms with Gasteiger partial charge in [0.05, 0.1) is 5.92 Å². The fraction of sp³-hybridized carbons (Fsp3) is 0.625. The Bertz CT molecular complexity index is 182. The van der Waals surface area contributed by atoms with E-state index in [0.717, 1.165) is 0 Å². The van der Waals surface area contributed by atoms with Gasteiger partial charge in [0, 0.05) is 11.3 Å². The summed E-state index contributed by atoms with van der Waals surface area (Å²) in [5.74, 6) is -0.357. The van der Waals surface area contributed by atoms with Gasteiger partial charge in [0.25, 0.3) is 0 Å². The smallest absolute Gasteiger partial charge is 0.138 e. The molecule has 2 nitrogen and oxygen atoms in total. The van der Waals surface area contributed by atoms with Gasteiger partial charge in [-0.05, 0) is 20.8 Å². The monoisotopic (exact) mass is 172 g/mol. The van der Waals surface area contributed by atoms with Crippen LogP contribution >= 0.6 is 12.2 Å². The summed E-state index contributed by atoms with van der Waals surface area (Å²) in [6.07, 6.45) is 0.255. The van der Waals surface area contributed by atoms with Gasteiger partial charge in [0.15, 0.2) is 0 Å². The van der Waals surface area contributed by atoms with Gasteiger partial charge in [-0.15, -0.1) is 0 Å². The summed E-state index contributed by atoms with van der Waals surface area (Å²) in [6, 6.07) is 0. The molecule has 0 spiro atoms. The van der Waals surface area contributed by atoms with Crippen molar-refractivity contribution in [3.63, 3.8) is 0 Å². The highest BCUT2D eigenvalue weighted by molar-refractivity contribution is 7.80. The van der Waals surface area contributed by atoms with Crippen LogP contribution in [0.25, 0.3) is 0 Å². The van der Waals surface area contributed by atoms with E-state index >= 15 is 0 Å². The van der Waals surface area contributed by atoms with Crippen LogP contribution in [-0.2, 0) is 9.59 Å². The lowest BCUT2D eigenvalue weighted by Gasteiger charge is -2.08. The van der Waals surface area contributed by atoms with E-state index in [-0.39, 0.29) is 23.9 Å². The van der Waals surface area contributed by atoms with Crippen molar-refractivity contribution in [2.24, 2.45) is 5.92 Å². The van der Waals surface area contributed by atoms with Crippen molar-refractivity contribution >= 4 is 28.6 Å². The van der Waals surface area contributed by atoms with Crippen LogP contribution < -0.4 is 0 Å². The maximum absolute atomic E-state index is 10.9. The zero-order chi connectivity index (χ0) is 9.02. The Morgan fingerprint density at radius 3 is 1.82 bits per heavy atom. The molecule has 0 aromatic heterocycles. The van der Waals surface area contributed by atoms with E-state index in [4.69, 9.17) is 12.2 Å². The maximum Gasteiger partial charge on any atom is 0.138 e. The van der Waals surface area contributed by atoms with E-state index in [1.165, 1.54) is 13.8 Å². The van der Waals surface area contributed by atoms with Crippen LogP contribution in [-0.4, -0.2) is 16.4 Å². The second-order valence-electron chi connectivity index (χ2n) is 2.68. The van der Waals surface area contributed by atoms with Gasteiger partial charge in [-0.3, -0.25) is 9.59 Å². The highest BCUT2D eigenvalue weighted by Gasteiger charge is 2.17. The second kappa shape index (κ2) is 4.34. The summed E-state index contributed by atoms with van der Waals surface area (Å²) in [6.45, 7) is 4.63. The predicted molar refractivity (Wildman–Crippen MR) is 47.7 cm³/mol. The molecule has 0 aliphatic heterocycles. The van der Waals surface area contributed by atoms with Crippen molar-refractivity contribution in [2.75, 3.05) is 0 Å². The number of Topliss-reactive ketones (excluding diaryl/α,β-unsaturated/α-hetero) is 2. The Morgan fingerprint density at radius 1 is 1.27 bits per heavy atom. The highest BCUT2D eigenvalue weighted by Crippen LogP contribution is 2.07. The largest absolute Gasteiger partial charge is 0.300 e. The number of carbonyl (C=O) groups excluding carboxylic acids is 2. The molecular weight excluding hydrogens is 160 g/mol. The Balaban J connectivity index is 4.23. The fourth-order valence-electron chi connectivity index (χ4n) is 0.861. The molecule has 0 aliphatic carbocycles. The lowest BCUT2D eigenvalue weighted by molar-refractivity contribution is -0.123. The van der Waals surface area contributed by atoms with Gasteiger partial charge >= 0.3 is 0 Å². The van der Waals surface area contributed by atoms with Crippen LogP contribution in [0.3, 0.4) is 0 Å². The molecule has 0 radical (unpaired) electrons. The zero-order valence-electron chi connectivity index (χ0n) is 7.01. The van der Waals surface area contributed by atoms with E-state index in [1.807, 2.05) is 0 Å². The summed E-state index contributed by atoms with van der Waals surface area (Å²) in [4.78, 5) is 22.1. The number of hydrogen-bond donors (Lipinski definition) is 0. The van der Waals surface area contributed by atoms with E-state index in [1.54, 1.807) is 6.92 Å². The van der Waals surface area contributed by atoms with Gasteiger partial charge in [-0.1, -0.05) is 12.2 Å². The maximum atomic E-state index is 10.9. The van der Waals surface area contributed by atoms with Gasteiger partial charge in [-0.2, -0.15) is 0 Å². The molecule has 0 aliphatic rings. The molecule has 0 saturated heterocycles. The molecule has 0 amide bonds. The van der Waals surface area contributed by atoms with E-state index in [2.05, 4.69) is 0 Å². The van der Waals surface area contributed by atoms with Crippen LogP contribution in [0.1, 0.15) is 27.2 Å². The molecule has 0 N–H and O–H groups in total. The molecule has 11 heavy (non-hydrogen) atoms. The average molecular weight is 172 g/mol. The summed E-state index contributed by atoms with van der Waals surface area (Å²) >= 11 is 4.84. The van der Waals surface area contributed by atoms with Crippen molar-refractivity contribution in [1.29, 1.82) is 0 Å². The first-order chi connectivity index (χ1) is 4.95. The molecule has 0 rings (SSSR count). The number of rotatable bonds is 4. The van der Waals surface area contributed by atoms with Gasteiger partial charge in [0.1, 0.15) is 11.6 Å². The number of carbonyl (C=O) groups is 2. The fourth-order valence-corrected chi connectivity index (χ4v) is 1.11. The molecule has 0 bridgehead atoms. The van der Waals surface area contributed by atoms with Crippen LogP contribution in [0.5, 0.6) is 0 Å². The van der Waals surface area contributed by atoms with Crippen LogP contribution in [0.4, 0.5) is 0 Å². The van der Waals surface area contributed by atoms with E-state index in [0.29, 0.717) is 4.86 Å². The molecule has 0 heterocycles. The Kier molecular flexibility index (Phi) is 4.11. The molecule has 3 heteroatoms. The summed E-state index contributed by atoms with van der Waals surface area (Å²) < 4.78 is 0. The zero-order valence-corrected chi connectivity index (χ0v) is 7.83. The molecule has 1 unspecified atom stereocenters. The molecule has 1 atom stereocenters. The van der Waals surface area contributed by atoms with Crippen molar-refractivity contribution in [2.45, 2.75) is 27.2 Å². The predicted octanol–water partition coefficient (Wildman–Crippen LogP) is 1.56. The molecule has 62 valence electrons. The number of thiocarbonyl (C=S) groups is 1. The van der Waals surface area contributed by atoms with Crippen molar-refractivity contribution in [1.82, 2.24) is 0 Å². The quantitative estimate of drug-likeness (QED) is 0.603. The standard InChI is InChI=1S/C8H12O2S/c1-5(9)4-8(6(2)10)7(3)11/h8H,4H2,1-3H3. The SMILES string of the molecule is CC(=O)CC(C(C)=O)C(C)=S. The van der Waals surface area contributed by atoms with Crippen LogP contribution in [0.2, 0.25) is 0 Å². The first-order valence-electron chi connectivity index (χ1n) is 3.45. The number of ketones is 2. The van der Waals surface area contributed by atoms with E-state index in [9.17, 15) is 9.59 Å². The summed E-state index contributed by atoms with van der Waals surface area (Å²) in [7, 11) is 0. The topological polar surface area (TPSA) is 34.1 Å². The lowest BCUT2D eigenvalue weighted by Crippen LogP contribution is -2.20. The minimum atomic E-state index is -0.345. The minimum absolute atomic E-state index is 0.00870. The molecule has 0 saturated carbocycles. The summed E-state index contributed by atoms with van der Waals surface area (Å²) in [5, 5.41) is 0. The minimum Gasteiger partial charge on any atom is -0.300 e. The average Bonchev–Trinajstić information content (AvgIpc) is 1.81. The Hall–Kier alpha value is -0.570. The van der Waals surface area contributed by atoms with Gasteiger partial charge in [-0.25, -0.2) is 0 Å². The molecule has 0 aromatic carbocycles. The second-order valence-corrected chi connectivity index (χ2v) is 3.32. The third-order valence-corrected chi connectivity index (χ3v) is 1.76. The van der Waals surface area contributed by atoms with Crippen molar-refractivity contribution in [3.05, 3.63) is 0 Å². The third kappa shape index (κ3) is 3.98. The molecule has 0 fully saturated rings. The first-order valence-corrected chi connectivity index (χ1v) is 3.86. The van der Waals surface area contributed by atoms with Crippen LogP contribution in [0, 0.1) is 5.92 Å². The highest BCUT2D eigenvalue weighted by atomic mass is 32.1. The molecule has 0 aromatic rings. The number of hydrogen-bond acceptors (Lipinski definition) is 3. The van der Waals surface area contributed by atoms with Crippen LogP contribution in [0.15, 0.2) is 0 Å².